The first-order valence-corrected chi connectivity index (χ1v) is 10.6. The molecule has 154 valence electrons. The second-order valence-corrected chi connectivity index (χ2v) is 7.60. The summed E-state index contributed by atoms with van der Waals surface area (Å²) in [6, 6.07) is 15.0. The van der Waals surface area contributed by atoms with E-state index in [-0.39, 0.29) is 5.91 Å². The number of carbonyl (C=O) groups excluding carboxylic acids is 1. The molecule has 0 aliphatic carbocycles. The van der Waals surface area contributed by atoms with Crippen LogP contribution in [0.2, 0.25) is 0 Å². The Hall–Kier alpha value is -2.22. The fraction of sp³-hybridized carbons (Fsp3) is 0.364. The molecule has 1 heterocycles. The Bertz CT molecular complexity index is 816. The maximum atomic E-state index is 12.2. The zero-order valence-electron chi connectivity index (χ0n) is 16.6. The third-order valence-corrected chi connectivity index (χ3v) is 5.23. The lowest BCUT2D eigenvalue weighted by Gasteiger charge is -2.26. The summed E-state index contributed by atoms with van der Waals surface area (Å²) in [5.74, 6) is 0.600. The second kappa shape index (κ2) is 11.1. The van der Waals surface area contributed by atoms with Gasteiger partial charge in [0.15, 0.2) is 0 Å². The van der Waals surface area contributed by atoms with Crippen molar-refractivity contribution in [1.29, 1.82) is 0 Å². The molecule has 1 aliphatic rings. The molecule has 1 amide bonds. The van der Waals surface area contributed by atoms with Crippen molar-refractivity contribution in [2.75, 3.05) is 39.5 Å². The standard InChI is InChI=1S/C22H26BrN3O3/c1-2-21(24-25-22(27)18-3-7-19(23)8-4-18)17-5-9-20(10-6-17)29-16-13-26-11-14-28-15-12-26/h3-10H,2,11-16H2,1H3,(H,25,27). The molecule has 1 fully saturated rings. The van der Waals surface area contributed by atoms with Gasteiger partial charge in [0.05, 0.1) is 18.9 Å². The molecule has 2 aromatic carbocycles. The largest absolute Gasteiger partial charge is 0.492 e. The first-order chi connectivity index (χ1) is 14.2. The van der Waals surface area contributed by atoms with Crippen LogP contribution in [0.5, 0.6) is 5.75 Å². The second-order valence-electron chi connectivity index (χ2n) is 6.69. The molecule has 3 rings (SSSR count). The number of morpholine rings is 1. The number of hydrogen-bond acceptors (Lipinski definition) is 5. The predicted octanol–water partition coefficient (Wildman–Crippen LogP) is 3.70. The van der Waals surface area contributed by atoms with Crippen LogP contribution in [0.3, 0.4) is 0 Å². The monoisotopic (exact) mass is 459 g/mol. The molecule has 0 unspecified atom stereocenters. The van der Waals surface area contributed by atoms with E-state index in [1.807, 2.05) is 43.3 Å². The van der Waals surface area contributed by atoms with Gasteiger partial charge in [-0.3, -0.25) is 9.69 Å². The van der Waals surface area contributed by atoms with E-state index >= 15 is 0 Å². The van der Waals surface area contributed by atoms with Crippen molar-refractivity contribution in [3.8, 4) is 5.75 Å². The zero-order valence-corrected chi connectivity index (χ0v) is 18.2. The van der Waals surface area contributed by atoms with Crippen LogP contribution in [0.4, 0.5) is 0 Å². The summed E-state index contributed by atoms with van der Waals surface area (Å²) in [5, 5.41) is 4.31. The van der Waals surface area contributed by atoms with Gasteiger partial charge < -0.3 is 9.47 Å². The highest BCUT2D eigenvalue weighted by Crippen LogP contribution is 2.14. The van der Waals surface area contributed by atoms with Crippen molar-refractivity contribution < 1.29 is 14.3 Å². The van der Waals surface area contributed by atoms with Gasteiger partial charge in [-0.1, -0.05) is 22.9 Å². The van der Waals surface area contributed by atoms with Crippen LogP contribution >= 0.6 is 15.9 Å². The fourth-order valence-corrected chi connectivity index (χ4v) is 3.26. The molecule has 0 spiro atoms. The minimum atomic E-state index is -0.230. The van der Waals surface area contributed by atoms with E-state index in [1.54, 1.807) is 12.1 Å². The molecule has 0 aromatic heterocycles. The molecule has 6 nitrogen and oxygen atoms in total. The summed E-state index contributed by atoms with van der Waals surface area (Å²) in [4.78, 5) is 14.6. The molecule has 1 saturated heterocycles. The normalized spacial score (nSPS) is 15.2. The molecule has 0 atom stereocenters. The first-order valence-electron chi connectivity index (χ1n) is 9.81. The number of halogens is 1. The Morgan fingerprint density at radius 3 is 2.41 bits per heavy atom. The number of amides is 1. The van der Waals surface area contributed by atoms with Crippen molar-refractivity contribution >= 4 is 27.5 Å². The third-order valence-electron chi connectivity index (χ3n) is 4.70. The Morgan fingerprint density at radius 2 is 1.76 bits per heavy atom. The number of ether oxygens (including phenoxy) is 2. The minimum absolute atomic E-state index is 0.230. The summed E-state index contributed by atoms with van der Waals surface area (Å²) in [7, 11) is 0. The minimum Gasteiger partial charge on any atom is -0.492 e. The van der Waals surface area contributed by atoms with E-state index < -0.39 is 0 Å². The maximum Gasteiger partial charge on any atom is 0.271 e. The molecule has 2 aromatic rings. The average molecular weight is 460 g/mol. The van der Waals surface area contributed by atoms with Gasteiger partial charge in [0.1, 0.15) is 12.4 Å². The SMILES string of the molecule is CCC(=NNC(=O)c1ccc(Br)cc1)c1ccc(OCCN2CCOCC2)cc1. The van der Waals surface area contributed by atoms with E-state index in [1.165, 1.54) is 0 Å². The topological polar surface area (TPSA) is 63.2 Å². The van der Waals surface area contributed by atoms with Gasteiger partial charge in [-0.25, -0.2) is 5.43 Å². The van der Waals surface area contributed by atoms with Crippen LogP contribution in [0.25, 0.3) is 0 Å². The Balaban J connectivity index is 1.52. The van der Waals surface area contributed by atoms with Gasteiger partial charge in [0.25, 0.3) is 5.91 Å². The number of carbonyl (C=O) groups is 1. The van der Waals surface area contributed by atoms with E-state index in [0.29, 0.717) is 18.6 Å². The van der Waals surface area contributed by atoms with Gasteiger partial charge in [-0.05, 0) is 60.5 Å². The van der Waals surface area contributed by atoms with Crippen molar-refractivity contribution in [3.63, 3.8) is 0 Å². The van der Waals surface area contributed by atoms with E-state index in [9.17, 15) is 4.79 Å². The number of nitrogens with one attached hydrogen (secondary N) is 1. The Morgan fingerprint density at radius 1 is 1.10 bits per heavy atom. The highest BCUT2D eigenvalue weighted by molar-refractivity contribution is 9.10. The number of nitrogens with zero attached hydrogens (tertiary/aromatic N) is 2. The lowest BCUT2D eigenvalue weighted by molar-refractivity contribution is 0.0322. The highest BCUT2D eigenvalue weighted by atomic mass is 79.9. The van der Waals surface area contributed by atoms with E-state index in [2.05, 4.69) is 31.4 Å². The number of rotatable bonds is 8. The summed E-state index contributed by atoms with van der Waals surface area (Å²) < 4.78 is 12.1. The molecule has 1 N–H and O–H groups in total. The number of hydrogen-bond donors (Lipinski definition) is 1. The van der Waals surface area contributed by atoms with Crippen LogP contribution in [-0.4, -0.2) is 56.0 Å². The molecule has 0 saturated carbocycles. The average Bonchev–Trinajstić information content (AvgIpc) is 2.76. The lowest BCUT2D eigenvalue weighted by Crippen LogP contribution is -2.38. The Kier molecular flexibility index (Phi) is 8.22. The smallest absolute Gasteiger partial charge is 0.271 e. The van der Waals surface area contributed by atoms with Gasteiger partial charge in [-0.15, -0.1) is 0 Å². The third kappa shape index (κ3) is 6.66. The van der Waals surface area contributed by atoms with Gasteiger partial charge in [0, 0.05) is 29.7 Å². The summed E-state index contributed by atoms with van der Waals surface area (Å²) >= 11 is 3.36. The quantitative estimate of drug-likeness (QED) is 0.482. The first kappa shape index (κ1) is 21.5. The molecular formula is C22H26BrN3O3. The molecule has 0 radical (unpaired) electrons. The molecule has 1 aliphatic heterocycles. The van der Waals surface area contributed by atoms with Crippen LogP contribution in [-0.2, 0) is 4.74 Å². The summed E-state index contributed by atoms with van der Waals surface area (Å²) in [6.45, 7) is 7.08. The van der Waals surface area contributed by atoms with Crippen LogP contribution in [0, 0.1) is 0 Å². The molecule has 0 bridgehead atoms. The van der Waals surface area contributed by atoms with Gasteiger partial charge in [0.2, 0.25) is 0 Å². The van der Waals surface area contributed by atoms with Crippen LogP contribution in [0.15, 0.2) is 58.1 Å². The van der Waals surface area contributed by atoms with Crippen molar-refractivity contribution in [1.82, 2.24) is 10.3 Å². The van der Waals surface area contributed by atoms with Crippen molar-refractivity contribution in [2.24, 2.45) is 5.10 Å². The van der Waals surface area contributed by atoms with Gasteiger partial charge in [-0.2, -0.15) is 5.10 Å². The fourth-order valence-electron chi connectivity index (χ4n) is 2.99. The highest BCUT2D eigenvalue weighted by Gasteiger charge is 2.10. The van der Waals surface area contributed by atoms with E-state index in [4.69, 9.17) is 9.47 Å². The van der Waals surface area contributed by atoms with Crippen LogP contribution in [0.1, 0.15) is 29.3 Å². The van der Waals surface area contributed by atoms with Crippen molar-refractivity contribution in [3.05, 3.63) is 64.1 Å². The van der Waals surface area contributed by atoms with Gasteiger partial charge >= 0.3 is 0 Å². The number of benzene rings is 2. The maximum absolute atomic E-state index is 12.2. The summed E-state index contributed by atoms with van der Waals surface area (Å²) in [6.07, 6.45) is 0.706. The van der Waals surface area contributed by atoms with Crippen molar-refractivity contribution in [2.45, 2.75) is 13.3 Å². The molecular weight excluding hydrogens is 434 g/mol. The van der Waals surface area contributed by atoms with E-state index in [0.717, 1.165) is 54.3 Å². The lowest BCUT2D eigenvalue weighted by atomic mass is 10.1. The Labute approximate surface area is 180 Å². The number of hydrazone groups is 1. The zero-order chi connectivity index (χ0) is 20.5. The molecule has 7 heteroatoms. The van der Waals surface area contributed by atoms with Crippen LogP contribution < -0.4 is 10.2 Å². The summed E-state index contributed by atoms with van der Waals surface area (Å²) in [5.41, 5.74) is 4.98. The predicted molar refractivity (Wildman–Crippen MR) is 118 cm³/mol. The molecule has 29 heavy (non-hydrogen) atoms.